The van der Waals surface area contributed by atoms with E-state index in [9.17, 15) is 8.42 Å². The van der Waals surface area contributed by atoms with E-state index in [1.807, 2.05) is 38.1 Å². The number of hydrogen-bond acceptors (Lipinski definition) is 5. The minimum Gasteiger partial charge on any atom is -0.495 e. The monoisotopic (exact) mass is 405 g/mol. The molecule has 7 nitrogen and oxygen atoms in total. The second kappa shape index (κ2) is 8.79. The van der Waals surface area contributed by atoms with E-state index in [-0.39, 0.29) is 0 Å². The van der Waals surface area contributed by atoms with Crippen LogP contribution in [0.25, 0.3) is 0 Å². The molecule has 1 aromatic heterocycles. The van der Waals surface area contributed by atoms with Gasteiger partial charge in [-0.2, -0.15) is 4.31 Å². The molecule has 0 amide bonds. The standard InChI is InChI=1S/C20H28N4O3S/c1-4-24(5-2)28(25,26)17-10-11-20(21-16-17)23-14-12-22(13-15-23)18-8-6-7-9-19(18)27-3/h6-11,16H,4-5,12-15H2,1-3H3/p+1. The molecule has 1 saturated heterocycles. The highest BCUT2D eigenvalue weighted by Gasteiger charge is 2.27. The Morgan fingerprint density at radius 2 is 1.64 bits per heavy atom. The van der Waals surface area contributed by atoms with Crippen molar-refractivity contribution in [3.8, 4) is 5.75 Å². The molecule has 0 bridgehead atoms. The minimum atomic E-state index is -3.44. The van der Waals surface area contributed by atoms with Crippen LogP contribution in [0.5, 0.6) is 5.75 Å². The fraction of sp³-hybridized carbons (Fsp3) is 0.450. The number of pyridine rings is 1. The molecule has 1 fully saturated rings. The number of rotatable bonds is 7. The number of nitrogens with zero attached hydrogens (tertiary/aromatic N) is 3. The van der Waals surface area contributed by atoms with Gasteiger partial charge in [0.15, 0.2) is 0 Å². The molecule has 0 unspecified atom stereocenters. The van der Waals surface area contributed by atoms with E-state index in [1.54, 1.807) is 19.4 Å². The summed E-state index contributed by atoms with van der Waals surface area (Å²) >= 11 is 0. The lowest BCUT2D eigenvalue weighted by Crippen LogP contribution is -2.48. The Kier molecular flexibility index (Phi) is 6.41. The highest BCUT2D eigenvalue weighted by atomic mass is 32.2. The summed E-state index contributed by atoms with van der Waals surface area (Å²) in [5.74, 6) is 1.81. The largest absolute Gasteiger partial charge is 0.495 e. The zero-order valence-corrected chi connectivity index (χ0v) is 17.6. The SMILES string of the molecule is CCN(CC)S(=O)(=O)c1ccc(N2CCN(c3ccccc3OC)CC2)[nH+]c1. The second-order valence-electron chi connectivity index (χ2n) is 6.64. The molecule has 0 spiro atoms. The van der Waals surface area contributed by atoms with Crippen molar-refractivity contribution < 1.29 is 18.1 Å². The number of ether oxygens (including phenoxy) is 1. The highest BCUT2D eigenvalue weighted by Crippen LogP contribution is 2.28. The Morgan fingerprint density at radius 1 is 1.00 bits per heavy atom. The molecule has 0 aliphatic carbocycles. The predicted molar refractivity (Wildman–Crippen MR) is 111 cm³/mol. The Morgan fingerprint density at radius 3 is 2.21 bits per heavy atom. The zero-order chi connectivity index (χ0) is 20.1. The van der Waals surface area contributed by atoms with Gasteiger partial charge in [0.05, 0.1) is 25.9 Å². The van der Waals surface area contributed by atoms with Gasteiger partial charge in [-0.1, -0.05) is 26.0 Å². The van der Waals surface area contributed by atoms with Crippen LogP contribution >= 0.6 is 0 Å². The summed E-state index contributed by atoms with van der Waals surface area (Å²) in [6.07, 6.45) is 1.59. The maximum absolute atomic E-state index is 12.6. The third-order valence-electron chi connectivity index (χ3n) is 5.16. The van der Waals surface area contributed by atoms with Gasteiger partial charge >= 0.3 is 0 Å². The van der Waals surface area contributed by atoms with Crippen molar-refractivity contribution in [2.75, 3.05) is 56.2 Å². The van der Waals surface area contributed by atoms with E-state index >= 15 is 0 Å². The van der Waals surface area contributed by atoms with Crippen LogP contribution in [0.3, 0.4) is 0 Å². The highest BCUT2D eigenvalue weighted by molar-refractivity contribution is 7.89. The summed E-state index contributed by atoms with van der Waals surface area (Å²) in [6, 6.07) is 11.6. The zero-order valence-electron chi connectivity index (χ0n) is 16.8. The van der Waals surface area contributed by atoms with E-state index in [0.29, 0.717) is 18.0 Å². The number of piperazine rings is 1. The van der Waals surface area contributed by atoms with Crippen molar-refractivity contribution in [3.05, 3.63) is 42.6 Å². The van der Waals surface area contributed by atoms with Gasteiger partial charge < -0.3 is 9.64 Å². The van der Waals surface area contributed by atoms with Gasteiger partial charge in [0.1, 0.15) is 29.9 Å². The molecule has 3 rings (SSSR count). The second-order valence-corrected chi connectivity index (χ2v) is 8.58. The van der Waals surface area contributed by atoms with Gasteiger partial charge in [0, 0.05) is 19.2 Å². The fourth-order valence-electron chi connectivity index (χ4n) is 3.55. The first kappa shape index (κ1) is 20.4. The molecule has 2 aromatic rings. The van der Waals surface area contributed by atoms with Crippen molar-refractivity contribution in [1.82, 2.24) is 4.31 Å². The van der Waals surface area contributed by atoms with Crippen molar-refractivity contribution in [1.29, 1.82) is 0 Å². The number of aromatic amines is 1. The number of para-hydroxylation sites is 2. The third kappa shape index (κ3) is 4.07. The van der Waals surface area contributed by atoms with E-state index in [1.165, 1.54) is 4.31 Å². The molecule has 0 atom stereocenters. The van der Waals surface area contributed by atoms with Crippen molar-refractivity contribution in [3.63, 3.8) is 0 Å². The molecule has 1 aliphatic heterocycles. The molecule has 0 radical (unpaired) electrons. The van der Waals surface area contributed by atoms with Gasteiger partial charge in [0.2, 0.25) is 10.0 Å². The average Bonchev–Trinajstić information content (AvgIpc) is 2.74. The quantitative estimate of drug-likeness (QED) is 0.704. The number of aromatic nitrogens is 1. The fourth-order valence-corrected chi connectivity index (χ4v) is 4.98. The average molecular weight is 406 g/mol. The van der Waals surface area contributed by atoms with Gasteiger partial charge in [-0.25, -0.2) is 13.4 Å². The first-order valence-corrected chi connectivity index (χ1v) is 11.1. The lowest BCUT2D eigenvalue weighted by Gasteiger charge is -2.33. The number of hydrogen-bond donors (Lipinski definition) is 0. The number of sulfonamides is 1. The molecule has 28 heavy (non-hydrogen) atoms. The Balaban J connectivity index is 1.68. The van der Waals surface area contributed by atoms with Crippen LogP contribution in [0.2, 0.25) is 0 Å². The van der Waals surface area contributed by atoms with Gasteiger partial charge in [-0.15, -0.1) is 0 Å². The predicted octanol–water partition coefficient (Wildman–Crippen LogP) is 1.87. The Hall–Kier alpha value is -2.32. The third-order valence-corrected chi connectivity index (χ3v) is 7.20. The Labute approximate surface area is 167 Å². The molecule has 8 heteroatoms. The molecule has 152 valence electrons. The van der Waals surface area contributed by atoms with E-state index < -0.39 is 10.0 Å². The summed E-state index contributed by atoms with van der Waals surface area (Å²) in [7, 11) is -1.75. The normalized spacial score (nSPS) is 15.1. The summed E-state index contributed by atoms with van der Waals surface area (Å²) in [4.78, 5) is 8.02. The van der Waals surface area contributed by atoms with E-state index in [2.05, 4.69) is 20.9 Å². The van der Waals surface area contributed by atoms with E-state index in [4.69, 9.17) is 4.74 Å². The molecule has 1 N–H and O–H groups in total. The molecular weight excluding hydrogens is 376 g/mol. The Bertz CT molecular complexity index is 875. The number of methoxy groups -OCH3 is 1. The summed E-state index contributed by atoms with van der Waals surface area (Å²) < 4.78 is 32.2. The molecule has 1 aliphatic rings. The maximum Gasteiger partial charge on any atom is 0.274 e. The molecule has 1 aromatic carbocycles. The summed E-state index contributed by atoms with van der Waals surface area (Å²) in [5, 5.41) is 0. The van der Waals surface area contributed by atoms with E-state index in [0.717, 1.165) is 43.4 Å². The van der Waals surface area contributed by atoms with Gasteiger partial charge in [0.25, 0.3) is 5.82 Å². The smallest absolute Gasteiger partial charge is 0.274 e. The summed E-state index contributed by atoms with van der Waals surface area (Å²) in [6.45, 7) is 8.05. The first-order valence-electron chi connectivity index (χ1n) is 9.66. The van der Waals surface area contributed by atoms with Crippen molar-refractivity contribution >= 4 is 21.5 Å². The molecule has 0 saturated carbocycles. The van der Waals surface area contributed by atoms with Gasteiger partial charge in [-0.3, -0.25) is 4.90 Å². The van der Waals surface area contributed by atoms with Crippen LogP contribution in [0.4, 0.5) is 11.5 Å². The van der Waals surface area contributed by atoms with Crippen molar-refractivity contribution in [2.45, 2.75) is 18.7 Å². The van der Waals surface area contributed by atoms with Crippen LogP contribution in [-0.4, -0.2) is 59.1 Å². The van der Waals surface area contributed by atoms with Gasteiger partial charge in [-0.05, 0) is 18.2 Å². The van der Waals surface area contributed by atoms with Crippen LogP contribution in [0.15, 0.2) is 47.5 Å². The maximum atomic E-state index is 12.6. The van der Waals surface area contributed by atoms with Crippen LogP contribution in [0.1, 0.15) is 13.8 Å². The van der Waals surface area contributed by atoms with Crippen molar-refractivity contribution in [2.24, 2.45) is 0 Å². The minimum absolute atomic E-state index is 0.299. The first-order chi connectivity index (χ1) is 13.5. The molecular formula is C20H29N4O3S+. The lowest BCUT2D eigenvalue weighted by molar-refractivity contribution is -0.367. The number of H-pyrrole nitrogens is 1. The molecule has 2 heterocycles. The number of benzene rings is 1. The number of anilines is 2. The van der Waals surface area contributed by atoms with Crippen LogP contribution < -0.4 is 19.5 Å². The summed E-state index contributed by atoms with van der Waals surface area (Å²) in [5.41, 5.74) is 1.11. The van der Waals surface area contributed by atoms with Crippen LogP contribution in [-0.2, 0) is 10.0 Å². The number of nitrogens with one attached hydrogen (secondary N) is 1. The lowest BCUT2D eigenvalue weighted by atomic mass is 10.2. The van der Waals surface area contributed by atoms with Crippen LogP contribution in [0, 0.1) is 0 Å². The topological polar surface area (TPSA) is 67.2 Å².